The maximum Gasteiger partial charge on any atom is 0.239 e. The number of amides is 1. The minimum atomic E-state index is 0.0286. The van der Waals surface area contributed by atoms with E-state index < -0.39 is 0 Å². The third-order valence-electron chi connectivity index (χ3n) is 3.09. The van der Waals surface area contributed by atoms with Crippen LogP contribution in [-0.4, -0.2) is 18.5 Å². The molecular formula is C13H16BrClN2O. The Morgan fingerprint density at radius 3 is 2.78 bits per heavy atom. The van der Waals surface area contributed by atoms with E-state index in [4.69, 9.17) is 11.6 Å². The second-order valence-electron chi connectivity index (χ2n) is 4.53. The molecule has 1 fully saturated rings. The highest BCUT2D eigenvalue weighted by molar-refractivity contribution is 9.10. The minimum absolute atomic E-state index is 0.0286. The van der Waals surface area contributed by atoms with Crippen LogP contribution in [0.3, 0.4) is 0 Å². The van der Waals surface area contributed by atoms with Crippen LogP contribution in [0.5, 0.6) is 0 Å². The molecule has 0 saturated heterocycles. The van der Waals surface area contributed by atoms with Crippen LogP contribution >= 0.6 is 27.5 Å². The highest BCUT2D eigenvalue weighted by Crippen LogP contribution is 2.25. The molecule has 1 saturated carbocycles. The minimum Gasteiger partial charge on any atom is -0.375 e. The lowest BCUT2D eigenvalue weighted by Gasteiger charge is -2.13. The molecule has 5 heteroatoms. The zero-order chi connectivity index (χ0) is 13.0. The lowest BCUT2D eigenvalue weighted by Crippen LogP contribution is -2.36. The summed E-state index contributed by atoms with van der Waals surface area (Å²) in [5.41, 5.74) is 0.779. The smallest absolute Gasteiger partial charge is 0.239 e. The average molecular weight is 332 g/mol. The van der Waals surface area contributed by atoms with Gasteiger partial charge in [0.25, 0.3) is 0 Å². The van der Waals surface area contributed by atoms with E-state index in [2.05, 4.69) is 26.6 Å². The molecule has 0 bridgehead atoms. The third-order valence-corrected chi connectivity index (χ3v) is 3.90. The Kier molecular flexibility index (Phi) is 4.89. The zero-order valence-electron chi connectivity index (χ0n) is 10.0. The first-order chi connectivity index (χ1) is 8.65. The predicted molar refractivity (Wildman–Crippen MR) is 78.0 cm³/mol. The number of carbonyl (C=O) groups is 1. The molecule has 0 atom stereocenters. The summed E-state index contributed by atoms with van der Waals surface area (Å²) in [5, 5.41) is 6.68. The van der Waals surface area contributed by atoms with Crippen LogP contribution in [-0.2, 0) is 4.79 Å². The monoisotopic (exact) mass is 330 g/mol. The van der Waals surface area contributed by atoms with Gasteiger partial charge in [0, 0.05) is 10.5 Å². The van der Waals surface area contributed by atoms with Gasteiger partial charge in [0.2, 0.25) is 5.91 Å². The molecule has 0 radical (unpaired) electrons. The largest absolute Gasteiger partial charge is 0.375 e. The van der Waals surface area contributed by atoms with Crippen molar-refractivity contribution >= 4 is 39.1 Å². The molecule has 0 heterocycles. The van der Waals surface area contributed by atoms with Gasteiger partial charge < -0.3 is 10.6 Å². The van der Waals surface area contributed by atoms with Crippen LogP contribution in [0.4, 0.5) is 5.69 Å². The molecule has 0 aliphatic heterocycles. The van der Waals surface area contributed by atoms with Crippen molar-refractivity contribution in [2.75, 3.05) is 11.9 Å². The Hall–Kier alpha value is -0.740. The quantitative estimate of drug-likeness (QED) is 0.885. The number of anilines is 1. The molecule has 1 aliphatic rings. The highest BCUT2D eigenvalue weighted by atomic mass is 79.9. The topological polar surface area (TPSA) is 41.1 Å². The first kappa shape index (κ1) is 13.7. The van der Waals surface area contributed by atoms with Gasteiger partial charge in [0.1, 0.15) is 0 Å². The number of nitrogens with one attached hydrogen (secondary N) is 2. The fraction of sp³-hybridized carbons (Fsp3) is 0.462. The summed E-state index contributed by atoms with van der Waals surface area (Å²) in [4.78, 5) is 11.7. The summed E-state index contributed by atoms with van der Waals surface area (Å²) >= 11 is 9.40. The van der Waals surface area contributed by atoms with Gasteiger partial charge in [-0.1, -0.05) is 40.4 Å². The van der Waals surface area contributed by atoms with Gasteiger partial charge in [0.15, 0.2) is 0 Å². The predicted octanol–water partition coefficient (Wildman–Crippen LogP) is 3.57. The van der Waals surface area contributed by atoms with Gasteiger partial charge in [-0.3, -0.25) is 4.79 Å². The van der Waals surface area contributed by atoms with Gasteiger partial charge in [-0.2, -0.15) is 0 Å². The van der Waals surface area contributed by atoms with Crippen LogP contribution in [0.15, 0.2) is 22.7 Å². The molecule has 2 rings (SSSR count). The molecule has 1 amide bonds. The summed E-state index contributed by atoms with van der Waals surface area (Å²) in [6, 6.07) is 5.91. The molecular weight excluding hydrogens is 316 g/mol. The second kappa shape index (κ2) is 6.43. The normalized spacial score (nSPS) is 15.7. The molecule has 1 aliphatic carbocycles. The first-order valence-corrected chi connectivity index (χ1v) is 7.30. The van der Waals surface area contributed by atoms with Crippen molar-refractivity contribution in [2.24, 2.45) is 0 Å². The van der Waals surface area contributed by atoms with Crippen LogP contribution in [0.1, 0.15) is 25.7 Å². The summed E-state index contributed by atoms with van der Waals surface area (Å²) in [7, 11) is 0. The van der Waals surface area contributed by atoms with Crippen molar-refractivity contribution < 1.29 is 4.79 Å². The van der Waals surface area contributed by atoms with Crippen molar-refractivity contribution in [3.05, 3.63) is 27.7 Å². The van der Waals surface area contributed by atoms with Crippen LogP contribution in [0.25, 0.3) is 0 Å². The Balaban J connectivity index is 1.81. The van der Waals surface area contributed by atoms with Crippen LogP contribution in [0, 0.1) is 0 Å². The number of hydrogen-bond acceptors (Lipinski definition) is 2. The molecule has 1 aromatic rings. The number of benzene rings is 1. The van der Waals surface area contributed by atoms with E-state index in [0.717, 1.165) is 23.0 Å². The van der Waals surface area contributed by atoms with E-state index in [1.54, 1.807) is 6.07 Å². The van der Waals surface area contributed by atoms with Crippen molar-refractivity contribution in [3.8, 4) is 0 Å². The van der Waals surface area contributed by atoms with E-state index in [-0.39, 0.29) is 12.5 Å². The molecule has 3 nitrogen and oxygen atoms in total. The maximum absolute atomic E-state index is 11.7. The fourth-order valence-electron chi connectivity index (χ4n) is 2.16. The van der Waals surface area contributed by atoms with Gasteiger partial charge in [-0.25, -0.2) is 0 Å². The summed E-state index contributed by atoms with van der Waals surface area (Å²) in [6.45, 7) is 0.262. The molecule has 18 heavy (non-hydrogen) atoms. The first-order valence-electron chi connectivity index (χ1n) is 6.13. The lowest BCUT2D eigenvalue weighted by atomic mass is 10.2. The summed E-state index contributed by atoms with van der Waals surface area (Å²) in [5.74, 6) is 0.0286. The van der Waals surface area contributed by atoms with Gasteiger partial charge in [-0.15, -0.1) is 0 Å². The molecule has 0 unspecified atom stereocenters. The van der Waals surface area contributed by atoms with Gasteiger partial charge in [0.05, 0.1) is 17.3 Å². The van der Waals surface area contributed by atoms with Gasteiger partial charge >= 0.3 is 0 Å². The molecule has 1 aromatic carbocycles. The molecule has 0 spiro atoms. The highest BCUT2D eigenvalue weighted by Gasteiger charge is 2.16. The Morgan fingerprint density at radius 1 is 1.39 bits per heavy atom. The SMILES string of the molecule is O=C(CNc1ccc(Br)cc1Cl)NC1CCCC1. The second-order valence-corrected chi connectivity index (χ2v) is 5.85. The van der Waals surface area contributed by atoms with E-state index >= 15 is 0 Å². The molecule has 0 aromatic heterocycles. The van der Waals surface area contributed by atoms with Crippen molar-refractivity contribution in [3.63, 3.8) is 0 Å². The standard InChI is InChI=1S/C13H16BrClN2O/c14-9-5-6-12(11(15)7-9)16-8-13(18)17-10-3-1-2-4-10/h5-7,10,16H,1-4,8H2,(H,17,18). The Bertz CT molecular complexity index is 433. The van der Waals surface area contributed by atoms with Crippen molar-refractivity contribution in [1.82, 2.24) is 5.32 Å². The number of hydrogen-bond donors (Lipinski definition) is 2. The molecule has 98 valence electrons. The maximum atomic E-state index is 11.7. The van der Waals surface area contributed by atoms with Crippen molar-refractivity contribution in [1.29, 1.82) is 0 Å². The third kappa shape index (κ3) is 3.89. The number of halogens is 2. The average Bonchev–Trinajstić information content (AvgIpc) is 2.80. The van der Waals surface area contributed by atoms with Crippen molar-refractivity contribution in [2.45, 2.75) is 31.7 Å². The number of carbonyl (C=O) groups excluding carboxylic acids is 1. The van der Waals surface area contributed by atoms with Gasteiger partial charge in [-0.05, 0) is 31.0 Å². The Labute approximate surface area is 120 Å². The van der Waals surface area contributed by atoms with E-state index in [0.29, 0.717) is 11.1 Å². The van der Waals surface area contributed by atoms with Crippen LogP contribution < -0.4 is 10.6 Å². The lowest BCUT2D eigenvalue weighted by molar-refractivity contribution is -0.120. The zero-order valence-corrected chi connectivity index (χ0v) is 12.4. The van der Waals surface area contributed by atoms with Crippen LogP contribution in [0.2, 0.25) is 5.02 Å². The fourth-order valence-corrected chi connectivity index (χ4v) is 2.90. The van der Waals surface area contributed by atoms with E-state index in [1.807, 2.05) is 12.1 Å². The summed E-state index contributed by atoms with van der Waals surface area (Å²) in [6.07, 6.45) is 4.64. The number of rotatable bonds is 4. The van der Waals surface area contributed by atoms with E-state index in [1.165, 1.54) is 12.8 Å². The Morgan fingerprint density at radius 2 is 2.11 bits per heavy atom. The summed E-state index contributed by atoms with van der Waals surface area (Å²) < 4.78 is 0.924. The molecule has 2 N–H and O–H groups in total. The van der Waals surface area contributed by atoms with E-state index in [9.17, 15) is 4.79 Å².